The van der Waals surface area contributed by atoms with Crippen LogP contribution in [0.5, 0.6) is 5.75 Å². The van der Waals surface area contributed by atoms with Gasteiger partial charge in [-0.15, -0.1) is 0 Å². The Morgan fingerprint density at radius 3 is 2.74 bits per heavy atom. The number of fused-ring (bicyclic) bond motifs is 1. The first-order valence-corrected chi connectivity index (χ1v) is 14.4. The van der Waals surface area contributed by atoms with E-state index in [1.54, 1.807) is 31.3 Å². The van der Waals surface area contributed by atoms with Crippen LogP contribution in [-0.2, 0) is 30.8 Å². The van der Waals surface area contributed by atoms with Crippen LogP contribution in [-0.4, -0.2) is 33.8 Å². The van der Waals surface area contributed by atoms with Crippen LogP contribution in [0.15, 0.2) is 67.0 Å². The van der Waals surface area contributed by atoms with E-state index in [-0.39, 0.29) is 24.9 Å². The van der Waals surface area contributed by atoms with Gasteiger partial charge in [-0.25, -0.2) is 4.39 Å². The molecule has 0 amide bonds. The van der Waals surface area contributed by atoms with Crippen molar-refractivity contribution in [3.63, 3.8) is 0 Å². The molecule has 3 aromatic carbocycles. The summed E-state index contributed by atoms with van der Waals surface area (Å²) in [5.41, 5.74) is 7.08. The lowest BCUT2D eigenvalue weighted by molar-refractivity contribution is -0.140. The van der Waals surface area contributed by atoms with Gasteiger partial charge in [0.1, 0.15) is 30.3 Å². The molecule has 1 aliphatic rings. The van der Waals surface area contributed by atoms with Gasteiger partial charge in [-0.3, -0.25) is 15.1 Å². The Hall–Kier alpha value is -4.29. The fraction of sp³-hybridized carbons (Fsp3) is 0.265. The Morgan fingerprint density at radius 2 is 1.98 bits per heavy atom. The number of aromatic nitrogens is 1. The fourth-order valence-corrected chi connectivity index (χ4v) is 5.91. The van der Waals surface area contributed by atoms with E-state index in [1.165, 1.54) is 11.8 Å². The number of hydrogen-bond acceptors (Lipinski definition) is 6. The third-order valence-electron chi connectivity index (χ3n) is 7.91. The first-order valence-electron chi connectivity index (χ1n) is 14.0. The maximum absolute atomic E-state index is 15.0. The maximum atomic E-state index is 15.0. The number of rotatable bonds is 11. The van der Waals surface area contributed by atoms with Crippen molar-refractivity contribution in [2.45, 2.75) is 51.3 Å². The minimum atomic E-state index is -1.17. The smallest absolute Gasteiger partial charge is 0.323 e. The molecule has 3 N–H and O–H groups in total. The summed E-state index contributed by atoms with van der Waals surface area (Å²) in [5, 5.41) is 31.4. The van der Waals surface area contributed by atoms with Crippen LogP contribution in [0.1, 0.15) is 51.3 Å². The van der Waals surface area contributed by atoms with Crippen LogP contribution in [0, 0.1) is 24.1 Å². The molecule has 0 saturated carbocycles. The molecule has 7 nitrogen and oxygen atoms in total. The lowest BCUT2D eigenvalue weighted by atomic mass is 9.90. The molecule has 1 unspecified atom stereocenters. The number of carboxylic acid groups (broad SMARTS) is 1. The summed E-state index contributed by atoms with van der Waals surface area (Å²) < 4.78 is 21.2. The predicted molar refractivity (Wildman–Crippen MR) is 161 cm³/mol. The molecule has 5 rings (SSSR count). The molecular weight excluding hydrogens is 569 g/mol. The number of aryl methyl sites for hydroxylation is 1. The lowest BCUT2D eigenvalue weighted by Crippen LogP contribution is -2.39. The summed E-state index contributed by atoms with van der Waals surface area (Å²) >= 11 is 6.80. The third kappa shape index (κ3) is 6.70. The van der Waals surface area contributed by atoms with Gasteiger partial charge in [-0.1, -0.05) is 48.0 Å². The Bertz CT molecular complexity index is 1700. The Labute approximate surface area is 254 Å². The van der Waals surface area contributed by atoms with Crippen LogP contribution in [0.3, 0.4) is 0 Å². The first-order chi connectivity index (χ1) is 20.8. The molecule has 220 valence electrons. The minimum absolute atomic E-state index is 0.0982. The molecule has 0 bridgehead atoms. The number of aliphatic hydroxyl groups is 1. The molecule has 0 aliphatic heterocycles. The van der Waals surface area contributed by atoms with E-state index in [4.69, 9.17) is 16.3 Å². The lowest BCUT2D eigenvalue weighted by Gasteiger charge is -2.19. The number of nitriles is 1. The Kier molecular flexibility index (Phi) is 9.37. The largest absolute Gasteiger partial charge is 0.489 e. The molecule has 0 radical (unpaired) electrons. The number of aliphatic hydroxyl groups excluding tert-OH is 1. The van der Waals surface area contributed by atoms with Crippen LogP contribution in [0.25, 0.3) is 11.1 Å². The Balaban J connectivity index is 1.44. The van der Waals surface area contributed by atoms with Crippen molar-refractivity contribution in [1.29, 1.82) is 5.26 Å². The monoisotopic (exact) mass is 599 g/mol. The highest BCUT2D eigenvalue weighted by atomic mass is 35.5. The summed E-state index contributed by atoms with van der Waals surface area (Å²) in [6.07, 6.45) is 5.44. The van der Waals surface area contributed by atoms with Crippen LogP contribution in [0.4, 0.5) is 4.39 Å². The van der Waals surface area contributed by atoms with Gasteiger partial charge in [0.2, 0.25) is 0 Å². The number of ether oxygens (including phenoxy) is 1. The Morgan fingerprint density at radius 1 is 1.19 bits per heavy atom. The average Bonchev–Trinajstić information content (AvgIpc) is 3.42. The molecule has 0 spiro atoms. The van der Waals surface area contributed by atoms with Crippen LogP contribution < -0.4 is 10.1 Å². The van der Waals surface area contributed by atoms with Gasteiger partial charge < -0.3 is 14.9 Å². The highest BCUT2D eigenvalue weighted by molar-refractivity contribution is 6.31. The van der Waals surface area contributed by atoms with E-state index in [1.807, 2.05) is 30.3 Å². The molecule has 2 atom stereocenters. The second kappa shape index (κ2) is 13.3. The number of aliphatic carboxylic acids is 1. The van der Waals surface area contributed by atoms with E-state index in [2.05, 4.69) is 22.4 Å². The van der Waals surface area contributed by atoms with Gasteiger partial charge in [0.15, 0.2) is 0 Å². The van der Waals surface area contributed by atoms with Crippen molar-refractivity contribution in [2.24, 2.45) is 0 Å². The number of pyridine rings is 1. The zero-order chi connectivity index (χ0) is 30.5. The molecule has 43 heavy (non-hydrogen) atoms. The van der Waals surface area contributed by atoms with Crippen LogP contribution in [0.2, 0.25) is 5.02 Å². The van der Waals surface area contributed by atoms with Gasteiger partial charge >= 0.3 is 5.97 Å². The van der Waals surface area contributed by atoms with Crippen molar-refractivity contribution in [3.8, 4) is 22.9 Å². The van der Waals surface area contributed by atoms with Gasteiger partial charge in [0.05, 0.1) is 12.2 Å². The van der Waals surface area contributed by atoms with E-state index >= 15 is 4.39 Å². The molecule has 4 aromatic rings. The van der Waals surface area contributed by atoms with E-state index in [9.17, 15) is 20.3 Å². The number of hydrogen-bond donors (Lipinski definition) is 3. The molecule has 9 heteroatoms. The fourth-order valence-electron chi connectivity index (χ4n) is 5.64. The summed E-state index contributed by atoms with van der Waals surface area (Å²) in [6.45, 7) is 1.44. The van der Waals surface area contributed by atoms with Gasteiger partial charge in [0, 0.05) is 40.7 Å². The number of nitrogens with one attached hydrogen (secondary N) is 1. The number of benzene rings is 3. The normalized spacial score (nSPS) is 14.6. The van der Waals surface area contributed by atoms with Crippen molar-refractivity contribution in [3.05, 3.63) is 117 Å². The maximum Gasteiger partial charge on any atom is 0.323 e. The van der Waals surface area contributed by atoms with Gasteiger partial charge in [-0.05, 0) is 78.1 Å². The minimum Gasteiger partial charge on any atom is -0.489 e. The topological polar surface area (TPSA) is 115 Å². The molecular formula is C34H31ClFN3O4. The summed E-state index contributed by atoms with van der Waals surface area (Å²) in [4.78, 5) is 15.5. The zero-order valence-electron chi connectivity index (χ0n) is 23.6. The van der Waals surface area contributed by atoms with Crippen LogP contribution >= 0.6 is 11.6 Å². The van der Waals surface area contributed by atoms with Crippen molar-refractivity contribution >= 4 is 17.6 Å². The number of carbonyl (C=O) groups is 1. The molecule has 1 heterocycles. The summed E-state index contributed by atoms with van der Waals surface area (Å²) in [6, 6.07) is 17.8. The summed E-state index contributed by atoms with van der Waals surface area (Å²) in [5.74, 6) is -0.698. The zero-order valence-corrected chi connectivity index (χ0v) is 24.4. The molecule has 1 aromatic heterocycles. The van der Waals surface area contributed by atoms with E-state index < -0.39 is 18.6 Å². The standard InChI is InChI=1S/C34H31ClFN3O4/c1-20-4-2-7-29(33(20)36)27-6-3-5-26-23(8-9-28(26)27)11-24-13-32(43-19-22-10-21(14-37)15-38-16-22)25(12-30(24)35)17-39-31(18-40)34(41)42/h2-7,10,12-13,15-16,23,31,39-40H,8-9,11,17-19H2,1H3,(H,41,42)/t23-,31?/m1/s1. The van der Waals surface area contributed by atoms with Gasteiger partial charge in [-0.2, -0.15) is 5.26 Å². The van der Waals surface area contributed by atoms with E-state index in [0.717, 1.165) is 29.5 Å². The molecule has 0 fully saturated rings. The molecule has 1 aliphatic carbocycles. The number of carboxylic acids is 1. The van der Waals surface area contributed by atoms with E-state index in [0.29, 0.717) is 45.0 Å². The van der Waals surface area contributed by atoms with Crippen molar-refractivity contribution in [2.75, 3.05) is 6.61 Å². The second-order valence-electron chi connectivity index (χ2n) is 10.7. The predicted octanol–water partition coefficient (Wildman–Crippen LogP) is 6.11. The average molecular weight is 600 g/mol. The quantitative estimate of drug-likeness (QED) is 0.191. The van der Waals surface area contributed by atoms with Crippen molar-refractivity contribution in [1.82, 2.24) is 10.3 Å². The highest BCUT2D eigenvalue weighted by Gasteiger charge is 2.27. The number of nitrogens with zero attached hydrogens (tertiary/aromatic N) is 2. The van der Waals surface area contributed by atoms with Crippen molar-refractivity contribution < 1.29 is 24.1 Å². The second-order valence-corrected chi connectivity index (χ2v) is 11.1. The first kappa shape index (κ1) is 30.2. The highest BCUT2D eigenvalue weighted by Crippen LogP contribution is 2.43. The third-order valence-corrected chi connectivity index (χ3v) is 8.26. The number of halogens is 2. The summed E-state index contributed by atoms with van der Waals surface area (Å²) in [7, 11) is 0. The SMILES string of the molecule is Cc1cccc(-c2cccc3c2CC[C@@H]3Cc2cc(OCc3cncc(C#N)c3)c(CNC(CO)C(=O)O)cc2Cl)c1F. The molecule has 0 saturated heterocycles. The van der Waals surface area contributed by atoms with Gasteiger partial charge in [0.25, 0.3) is 0 Å².